The summed E-state index contributed by atoms with van der Waals surface area (Å²) in [5, 5.41) is 2.34. The minimum absolute atomic E-state index is 0.235. The number of ether oxygens (including phenoxy) is 1. The second-order valence-electron chi connectivity index (χ2n) is 3.94. The molecule has 0 aromatic carbocycles. The van der Waals surface area contributed by atoms with Crippen LogP contribution in [0.1, 0.15) is 18.2 Å². The Morgan fingerprint density at radius 2 is 2.57 bits per heavy atom. The maximum absolute atomic E-state index is 6.37. The Kier molecular flexibility index (Phi) is 3.47. The lowest BCUT2D eigenvalue weighted by Crippen LogP contribution is -2.17. The number of thiophene rings is 1. The summed E-state index contributed by atoms with van der Waals surface area (Å²) >= 11 is 8.16. The molecule has 1 aromatic rings. The van der Waals surface area contributed by atoms with Crippen molar-refractivity contribution in [3.05, 3.63) is 22.4 Å². The van der Waals surface area contributed by atoms with Crippen molar-refractivity contribution in [3.8, 4) is 0 Å². The highest BCUT2D eigenvalue weighted by Crippen LogP contribution is 2.28. The summed E-state index contributed by atoms with van der Waals surface area (Å²) in [4.78, 5) is 1.38. The molecule has 78 valence electrons. The zero-order valence-electron chi connectivity index (χ0n) is 8.28. The first-order valence-electron chi connectivity index (χ1n) is 5.03. The van der Waals surface area contributed by atoms with Crippen molar-refractivity contribution in [1.29, 1.82) is 0 Å². The van der Waals surface area contributed by atoms with E-state index in [1.807, 2.05) is 0 Å². The van der Waals surface area contributed by atoms with Crippen LogP contribution in [-0.2, 0) is 11.2 Å². The van der Waals surface area contributed by atoms with Crippen molar-refractivity contribution in [1.82, 2.24) is 0 Å². The molecule has 0 spiro atoms. The second-order valence-corrected chi connectivity index (χ2v) is 5.53. The van der Waals surface area contributed by atoms with Gasteiger partial charge in [-0.05, 0) is 31.2 Å². The molecule has 1 aromatic heterocycles. The average molecular weight is 231 g/mol. The van der Waals surface area contributed by atoms with Gasteiger partial charge in [0.2, 0.25) is 0 Å². The third-order valence-corrected chi connectivity index (χ3v) is 4.13. The van der Waals surface area contributed by atoms with E-state index in [-0.39, 0.29) is 5.38 Å². The molecule has 0 amide bonds. The number of hydrogen-bond acceptors (Lipinski definition) is 2. The molecule has 0 radical (unpaired) electrons. The minimum atomic E-state index is 0.235. The summed E-state index contributed by atoms with van der Waals surface area (Å²) in [6, 6.07) is 4.23. The van der Waals surface area contributed by atoms with Crippen molar-refractivity contribution in [3.63, 3.8) is 0 Å². The van der Waals surface area contributed by atoms with Gasteiger partial charge in [-0.1, -0.05) is 6.07 Å². The highest BCUT2D eigenvalue weighted by atomic mass is 35.5. The van der Waals surface area contributed by atoms with Gasteiger partial charge in [-0.2, -0.15) is 0 Å². The van der Waals surface area contributed by atoms with Gasteiger partial charge >= 0.3 is 0 Å². The molecule has 0 bridgehead atoms. The molecule has 1 aliphatic heterocycles. The Hall–Kier alpha value is -0.0500. The van der Waals surface area contributed by atoms with Crippen LogP contribution in [0.25, 0.3) is 0 Å². The van der Waals surface area contributed by atoms with E-state index >= 15 is 0 Å². The van der Waals surface area contributed by atoms with Crippen molar-refractivity contribution < 1.29 is 4.74 Å². The zero-order valence-corrected chi connectivity index (χ0v) is 9.85. The molecular weight excluding hydrogens is 216 g/mol. The predicted molar refractivity (Wildman–Crippen MR) is 61.2 cm³/mol. The fourth-order valence-corrected chi connectivity index (χ4v) is 3.09. The number of halogens is 1. The van der Waals surface area contributed by atoms with Crippen LogP contribution >= 0.6 is 22.9 Å². The molecule has 3 unspecified atom stereocenters. The van der Waals surface area contributed by atoms with E-state index in [4.69, 9.17) is 16.3 Å². The monoisotopic (exact) mass is 230 g/mol. The van der Waals surface area contributed by atoms with E-state index in [9.17, 15) is 0 Å². The van der Waals surface area contributed by atoms with Gasteiger partial charge in [-0.15, -0.1) is 22.9 Å². The molecule has 1 fully saturated rings. The molecule has 0 N–H and O–H groups in total. The number of rotatable bonds is 3. The number of hydrogen-bond donors (Lipinski definition) is 0. The average Bonchev–Trinajstić information content (AvgIpc) is 2.75. The smallest absolute Gasteiger partial charge is 0.0551 e. The maximum atomic E-state index is 6.37. The minimum Gasteiger partial charge on any atom is -0.378 e. The second kappa shape index (κ2) is 4.65. The van der Waals surface area contributed by atoms with Gasteiger partial charge in [0.1, 0.15) is 0 Å². The Morgan fingerprint density at radius 3 is 3.14 bits per heavy atom. The van der Waals surface area contributed by atoms with Gasteiger partial charge in [0.15, 0.2) is 0 Å². The van der Waals surface area contributed by atoms with Crippen LogP contribution in [0, 0.1) is 5.92 Å². The van der Waals surface area contributed by atoms with Crippen LogP contribution < -0.4 is 0 Å². The first-order chi connectivity index (χ1) is 6.75. The van der Waals surface area contributed by atoms with Crippen molar-refractivity contribution in [2.45, 2.75) is 31.2 Å². The third-order valence-electron chi connectivity index (χ3n) is 2.72. The molecule has 14 heavy (non-hydrogen) atoms. The van der Waals surface area contributed by atoms with E-state index in [0.29, 0.717) is 12.0 Å². The lowest BCUT2D eigenvalue weighted by Gasteiger charge is -2.14. The molecule has 1 saturated heterocycles. The van der Waals surface area contributed by atoms with E-state index < -0.39 is 0 Å². The largest absolute Gasteiger partial charge is 0.378 e. The maximum Gasteiger partial charge on any atom is 0.0551 e. The molecule has 0 aliphatic carbocycles. The van der Waals surface area contributed by atoms with Gasteiger partial charge < -0.3 is 4.74 Å². The van der Waals surface area contributed by atoms with Crippen LogP contribution in [0.2, 0.25) is 0 Å². The molecule has 3 atom stereocenters. The van der Waals surface area contributed by atoms with Crippen LogP contribution in [0.4, 0.5) is 0 Å². The zero-order chi connectivity index (χ0) is 9.97. The quantitative estimate of drug-likeness (QED) is 0.724. The first-order valence-corrected chi connectivity index (χ1v) is 6.35. The summed E-state index contributed by atoms with van der Waals surface area (Å²) in [7, 11) is 0. The van der Waals surface area contributed by atoms with Gasteiger partial charge in [0.25, 0.3) is 0 Å². The highest BCUT2D eigenvalue weighted by molar-refractivity contribution is 7.09. The van der Waals surface area contributed by atoms with E-state index in [0.717, 1.165) is 19.4 Å². The van der Waals surface area contributed by atoms with Crippen LogP contribution in [-0.4, -0.2) is 18.1 Å². The van der Waals surface area contributed by atoms with Gasteiger partial charge in [0, 0.05) is 16.2 Å². The van der Waals surface area contributed by atoms with E-state index in [2.05, 4.69) is 24.4 Å². The molecule has 1 nitrogen and oxygen atoms in total. The lowest BCUT2D eigenvalue weighted by atomic mass is 9.99. The fourth-order valence-electron chi connectivity index (χ4n) is 1.89. The van der Waals surface area contributed by atoms with E-state index in [1.54, 1.807) is 11.3 Å². The molecule has 0 saturated carbocycles. The Balaban J connectivity index is 1.87. The molecule has 1 aliphatic rings. The predicted octanol–water partition coefficient (Wildman–Crippen LogP) is 3.32. The topological polar surface area (TPSA) is 9.23 Å². The fraction of sp³-hybridized carbons (Fsp3) is 0.636. The summed E-state index contributed by atoms with van der Waals surface area (Å²) in [5.74, 6) is 0.536. The van der Waals surface area contributed by atoms with Gasteiger partial charge in [-0.3, -0.25) is 0 Å². The first kappa shape index (κ1) is 10.5. The molecule has 2 rings (SSSR count). The Morgan fingerprint density at radius 1 is 1.71 bits per heavy atom. The standard InChI is InChI=1S/C11H15ClOS/c1-8-5-9(7-13-8)11(12)6-10-3-2-4-14-10/h2-4,8-9,11H,5-7H2,1H3. The Bertz CT molecular complexity index is 273. The molecule has 2 heterocycles. The van der Waals surface area contributed by atoms with Crippen LogP contribution in [0.3, 0.4) is 0 Å². The van der Waals surface area contributed by atoms with Gasteiger partial charge in [-0.25, -0.2) is 0 Å². The van der Waals surface area contributed by atoms with Gasteiger partial charge in [0.05, 0.1) is 12.7 Å². The summed E-state index contributed by atoms with van der Waals surface area (Å²) in [6.45, 7) is 2.95. The summed E-state index contributed by atoms with van der Waals surface area (Å²) in [6.07, 6.45) is 2.49. The SMILES string of the molecule is CC1CC(C(Cl)Cc2cccs2)CO1. The summed E-state index contributed by atoms with van der Waals surface area (Å²) < 4.78 is 5.52. The molecule has 3 heteroatoms. The van der Waals surface area contributed by atoms with Crippen molar-refractivity contribution >= 4 is 22.9 Å². The van der Waals surface area contributed by atoms with Crippen molar-refractivity contribution in [2.24, 2.45) is 5.92 Å². The number of alkyl halides is 1. The van der Waals surface area contributed by atoms with Crippen molar-refractivity contribution in [2.75, 3.05) is 6.61 Å². The van der Waals surface area contributed by atoms with Crippen LogP contribution in [0.15, 0.2) is 17.5 Å². The lowest BCUT2D eigenvalue weighted by molar-refractivity contribution is 0.120. The normalized spacial score (nSPS) is 29.3. The van der Waals surface area contributed by atoms with Crippen LogP contribution in [0.5, 0.6) is 0 Å². The molecular formula is C11H15ClOS. The third kappa shape index (κ3) is 2.50. The summed E-state index contributed by atoms with van der Waals surface area (Å²) in [5.41, 5.74) is 0. The van der Waals surface area contributed by atoms with E-state index in [1.165, 1.54) is 4.88 Å². The highest BCUT2D eigenvalue weighted by Gasteiger charge is 2.28. The Labute approximate surface area is 94.0 Å².